The minimum Gasteiger partial charge on any atom is -0.464 e. The Kier molecular flexibility index (Phi) is 6.59. The highest BCUT2D eigenvalue weighted by atomic mass is 16.5. The summed E-state index contributed by atoms with van der Waals surface area (Å²) >= 11 is 0. The third-order valence-corrected chi connectivity index (χ3v) is 2.70. The fourth-order valence-corrected chi connectivity index (χ4v) is 1.76. The molecule has 1 atom stereocenters. The first-order chi connectivity index (χ1) is 7.84. The van der Waals surface area contributed by atoms with Gasteiger partial charge in [-0.1, -0.05) is 19.3 Å². The second-order valence-corrected chi connectivity index (χ2v) is 4.05. The Bertz CT molecular complexity index is 237. The number of ether oxygens (including phenoxy) is 2. The number of carbonyl (C=O) groups excluding carboxylic acids is 1. The van der Waals surface area contributed by atoms with Crippen molar-refractivity contribution >= 4 is 5.97 Å². The Morgan fingerprint density at radius 2 is 2.19 bits per heavy atom. The maximum Gasteiger partial charge on any atom is 0.311 e. The number of hydrogen-bond donors (Lipinski definition) is 0. The fraction of sp³-hybridized carbons (Fsp3) is 0.833. The molecule has 1 unspecified atom stereocenters. The quantitative estimate of drug-likeness (QED) is 0.544. The van der Waals surface area contributed by atoms with Crippen molar-refractivity contribution in [2.24, 2.45) is 5.92 Å². The Labute approximate surface area is 96.5 Å². The van der Waals surface area contributed by atoms with Gasteiger partial charge in [0, 0.05) is 6.61 Å². The molecule has 1 aliphatic rings. The van der Waals surface area contributed by atoms with Gasteiger partial charge in [0.1, 0.15) is 6.61 Å². The van der Waals surface area contributed by atoms with E-state index in [4.69, 9.17) is 14.7 Å². The van der Waals surface area contributed by atoms with E-state index in [1.165, 1.54) is 6.42 Å². The number of carbonyl (C=O) groups is 1. The van der Waals surface area contributed by atoms with Crippen LogP contribution in [-0.4, -0.2) is 25.8 Å². The van der Waals surface area contributed by atoms with Crippen LogP contribution in [0, 0.1) is 17.2 Å². The SMILES string of the molecule is N#CCCOC(=O)C1CCCCCCOC1. The molecule has 4 nitrogen and oxygen atoms in total. The van der Waals surface area contributed by atoms with E-state index in [-0.39, 0.29) is 24.9 Å². The van der Waals surface area contributed by atoms with Gasteiger partial charge in [-0.05, 0) is 12.8 Å². The second-order valence-electron chi connectivity index (χ2n) is 4.05. The van der Waals surface area contributed by atoms with E-state index in [9.17, 15) is 4.79 Å². The van der Waals surface area contributed by atoms with Crippen molar-refractivity contribution in [3.63, 3.8) is 0 Å². The van der Waals surface area contributed by atoms with E-state index in [1.807, 2.05) is 6.07 Å². The van der Waals surface area contributed by atoms with Gasteiger partial charge in [-0.2, -0.15) is 5.26 Å². The van der Waals surface area contributed by atoms with Gasteiger partial charge in [0.05, 0.1) is 25.0 Å². The number of esters is 1. The normalized spacial score (nSPS) is 22.3. The summed E-state index contributed by atoms with van der Waals surface area (Å²) in [5.41, 5.74) is 0. The van der Waals surface area contributed by atoms with Crippen molar-refractivity contribution in [2.75, 3.05) is 19.8 Å². The molecule has 4 heteroatoms. The van der Waals surface area contributed by atoms with Crippen molar-refractivity contribution in [3.05, 3.63) is 0 Å². The van der Waals surface area contributed by atoms with Gasteiger partial charge in [0.25, 0.3) is 0 Å². The van der Waals surface area contributed by atoms with E-state index in [1.54, 1.807) is 0 Å². The van der Waals surface area contributed by atoms with Gasteiger partial charge in [-0.15, -0.1) is 0 Å². The fourth-order valence-electron chi connectivity index (χ4n) is 1.76. The maximum absolute atomic E-state index is 11.6. The number of hydrogen-bond acceptors (Lipinski definition) is 4. The summed E-state index contributed by atoms with van der Waals surface area (Å²) < 4.78 is 10.4. The highest BCUT2D eigenvalue weighted by Gasteiger charge is 2.20. The van der Waals surface area contributed by atoms with Gasteiger partial charge in [-0.3, -0.25) is 4.79 Å². The van der Waals surface area contributed by atoms with Crippen LogP contribution >= 0.6 is 0 Å². The second kappa shape index (κ2) is 8.12. The zero-order valence-electron chi connectivity index (χ0n) is 9.61. The first-order valence-corrected chi connectivity index (χ1v) is 5.96. The van der Waals surface area contributed by atoms with Gasteiger partial charge >= 0.3 is 5.97 Å². The lowest BCUT2D eigenvalue weighted by Crippen LogP contribution is -2.23. The monoisotopic (exact) mass is 225 g/mol. The molecular formula is C12H19NO3. The maximum atomic E-state index is 11.6. The number of rotatable bonds is 3. The van der Waals surface area contributed by atoms with Crippen LogP contribution < -0.4 is 0 Å². The van der Waals surface area contributed by atoms with Crippen LogP contribution in [0.5, 0.6) is 0 Å². The van der Waals surface area contributed by atoms with E-state index in [2.05, 4.69) is 0 Å². The largest absolute Gasteiger partial charge is 0.464 e. The average Bonchev–Trinajstić information content (AvgIpc) is 2.42. The van der Waals surface area contributed by atoms with E-state index >= 15 is 0 Å². The summed E-state index contributed by atoms with van der Waals surface area (Å²) in [4.78, 5) is 11.6. The molecule has 0 spiro atoms. The molecule has 1 fully saturated rings. The van der Waals surface area contributed by atoms with Crippen LogP contribution in [0.15, 0.2) is 0 Å². The first kappa shape index (κ1) is 13.0. The molecule has 90 valence electrons. The molecule has 1 saturated heterocycles. The molecule has 1 rings (SSSR count). The molecule has 0 bridgehead atoms. The predicted molar refractivity (Wildman–Crippen MR) is 58.6 cm³/mol. The van der Waals surface area contributed by atoms with E-state index in [0.29, 0.717) is 6.61 Å². The summed E-state index contributed by atoms with van der Waals surface area (Å²) in [6.45, 7) is 1.40. The lowest BCUT2D eigenvalue weighted by atomic mass is 10.0. The summed E-state index contributed by atoms with van der Waals surface area (Å²) in [7, 11) is 0. The van der Waals surface area contributed by atoms with E-state index < -0.39 is 0 Å². The average molecular weight is 225 g/mol. The van der Waals surface area contributed by atoms with Crippen LogP contribution in [-0.2, 0) is 14.3 Å². The van der Waals surface area contributed by atoms with Crippen LogP contribution in [0.2, 0.25) is 0 Å². The van der Waals surface area contributed by atoms with Gasteiger partial charge < -0.3 is 9.47 Å². The molecule has 0 N–H and O–H groups in total. The third kappa shape index (κ3) is 5.13. The molecule has 0 aliphatic carbocycles. The van der Waals surface area contributed by atoms with E-state index in [0.717, 1.165) is 32.3 Å². The lowest BCUT2D eigenvalue weighted by Gasteiger charge is -2.14. The highest BCUT2D eigenvalue weighted by molar-refractivity contribution is 5.72. The summed E-state index contributed by atoms with van der Waals surface area (Å²) in [5, 5.41) is 8.34. The number of nitriles is 1. The van der Waals surface area contributed by atoms with Gasteiger partial charge in [0.15, 0.2) is 0 Å². The molecule has 0 aromatic rings. The Morgan fingerprint density at radius 1 is 1.38 bits per heavy atom. The molecule has 1 aliphatic heterocycles. The third-order valence-electron chi connectivity index (χ3n) is 2.70. The lowest BCUT2D eigenvalue weighted by molar-refractivity contribution is -0.150. The van der Waals surface area contributed by atoms with Crippen molar-refractivity contribution < 1.29 is 14.3 Å². The Balaban J connectivity index is 2.30. The smallest absolute Gasteiger partial charge is 0.311 e. The van der Waals surface area contributed by atoms with Gasteiger partial charge in [-0.25, -0.2) is 0 Å². The molecule has 0 aromatic heterocycles. The topological polar surface area (TPSA) is 59.3 Å². The predicted octanol–water partition coefficient (Wildman–Crippen LogP) is 2.04. The van der Waals surface area contributed by atoms with Crippen LogP contribution in [0.4, 0.5) is 0 Å². The molecule has 0 amide bonds. The Hall–Kier alpha value is -1.08. The summed E-state index contributed by atoms with van der Waals surface area (Å²) in [6.07, 6.45) is 5.57. The molecule has 0 saturated carbocycles. The molecule has 16 heavy (non-hydrogen) atoms. The summed E-state index contributed by atoms with van der Waals surface area (Å²) in [5.74, 6) is -0.353. The standard InChI is InChI=1S/C12H19NO3/c13-7-5-9-16-12(14)11-6-3-1-2-4-8-15-10-11/h11H,1-6,8-10H2. The molecule has 0 radical (unpaired) electrons. The van der Waals surface area contributed by atoms with Crippen LogP contribution in [0.3, 0.4) is 0 Å². The Morgan fingerprint density at radius 3 is 3.00 bits per heavy atom. The van der Waals surface area contributed by atoms with Crippen molar-refractivity contribution in [1.82, 2.24) is 0 Å². The molecule has 0 aromatic carbocycles. The van der Waals surface area contributed by atoms with Gasteiger partial charge in [0.2, 0.25) is 0 Å². The van der Waals surface area contributed by atoms with Crippen LogP contribution in [0.25, 0.3) is 0 Å². The number of nitrogens with zero attached hydrogens (tertiary/aromatic N) is 1. The van der Waals surface area contributed by atoms with Crippen molar-refractivity contribution in [2.45, 2.75) is 38.5 Å². The van der Waals surface area contributed by atoms with Crippen LogP contribution in [0.1, 0.15) is 38.5 Å². The first-order valence-electron chi connectivity index (χ1n) is 5.96. The van der Waals surface area contributed by atoms with Crippen molar-refractivity contribution in [3.8, 4) is 6.07 Å². The van der Waals surface area contributed by atoms with Crippen molar-refractivity contribution in [1.29, 1.82) is 5.26 Å². The molecule has 1 heterocycles. The minimum atomic E-state index is -0.211. The zero-order valence-corrected chi connectivity index (χ0v) is 9.61. The summed E-state index contributed by atoms with van der Waals surface area (Å²) in [6, 6.07) is 1.95. The zero-order chi connectivity index (χ0) is 11.6. The minimum absolute atomic E-state index is 0.142. The molecular weight excluding hydrogens is 206 g/mol. The highest BCUT2D eigenvalue weighted by Crippen LogP contribution is 2.16.